The van der Waals surface area contributed by atoms with Crippen LogP contribution in [0.3, 0.4) is 0 Å². The van der Waals surface area contributed by atoms with Gasteiger partial charge in [0.05, 0.1) is 12.1 Å². The summed E-state index contributed by atoms with van der Waals surface area (Å²) in [6, 6.07) is 3.67. The zero-order valence-corrected chi connectivity index (χ0v) is 28.7. The fourth-order valence-electron chi connectivity index (χ4n) is 6.44. The van der Waals surface area contributed by atoms with Crippen molar-refractivity contribution in [1.82, 2.24) is 20.0 Å². The summed E-state index contributed by atoms with van der Waals surface area (Å²) in [5.41, 5.74) is 0.365. The van der Waals surface area contributed by atoms with E-state index in [1.807, 2.05) is 34.6 Å². The van der Waals surface area contributed by atoms with Crippen LogP contribution in [0.15, 0.2) is 35.9 Å². The topological polar surface area (TPSA) is 102 Å². The van der Waals surface area contributed by atoms with E-state index in [0.29, 0.717) is 30.6 Å². The van der Waals surface area contributed by atoms with Crippen molar-refractivity contribution < 1.29 is 23.6 Å². The second kappa shape index (κ2) is 15.3. The Balaban J connectivity index is 1.77. The molecule has 1 unspecified atom stereocenters. The van der Waals surface area contributed by atoms with Gasteiger partial charge in [0.25, 0.3) is 0 Å². The predicted octanol–water partition coefficient (Wildman–Crippen LogP) is 4.98. The van der Waals surface area contributed by atoms with Crippen LogP contribution in [-0.4, -0.2) is 88.7 Å². The van der Waals surface area contributed by atoms with Gasteiger partial charge in [-0.25, -0.2) is 4.39 Å². The van der Waals surface area contributed by atoms with E-state index in [1.54, 1.807) is 29.8 Å². The van der Waals surface area contributed by atoms with Gasteiger partial charge in [-0.05, 0) is 88.6 Å². The minimum absolute atomic E-state index is 0.0241. The molecule has 250 valence electrons. The van der Waals surface area contributed by atoms with Crippen LogP contribution in [0.4, 0.5) is 10.1 Å². The van der Waals surface area contributed by atoms with E-state index in [2.05, 4.69) is 29.4 Å². The first-order chi connectivity index (χ1) is 21.0. The third-order valence-electron chi connectivity index (χ3n) is 9.07. The van der Waals surface area contributed by atoms with Crippen molar-refractivity contribution in [2.75, 3.05) is 25.5 Å². The number of halogens is 1. The van der Waals surface area contributed by atoms with E-state index < -0.39 is 29.4 Å². The van der Waals surface area contributed by atoms with Crippen LogP contribution in [0.5, 0.6) is 0 Å². The Kier molecular flexibility index (Phi) is 12.3. The standard InChI is InChI=1S/C35H54FN5O4/c1-22(2)29(21-24(5)33(44)41-20-12-14-28(41)31(42)37-26-17-15-25(36)16-18-26)39(9)34(45)30(35(6,7)8)38-32(43)27-13-10-11-19-40(27)23(3)4/h15-18,21-23,27-30H,10-14,19-20H2,1-9H3,(H,37,42)(H,38,43)/t27?,28-,29+,30+/m0/s1. The van der Waals surface area contributed by atoms with Crippen LogP contribution in [0.1, 0.15) is 87.5 Å². The lowest BCUT2D eigenvalue weighted by molar-refractivity contribution is -0.142. The summed E-state index contributed by atoms with van der Waals surface area (Å²) < 4.78 is 13.3. The summed E-state index contributed by atoms with van der Waals surface area (Å²) in [5.74, 6) is -1.32. The van der Waals surface area contributed by atoms with Crippen molar-refractivity contribution >= 4 is 29.3 Å². The molecule has 2 aliphatic rings. The average molecular weight is 628 g/mol. The van der Waals surface area contributed by atoms with Gasteiger partial charge in [0, 0.05) is 30.9 Å². The third-order valence-corrected chi connectivity index (χ3v) is 9.07. The number of hydrogen-bond acceptors (Lipinski definition) is 5. The van der Waals surface area contributed by atoms with Crippen molar-refractivity contribution in [1.29, 1.82) is 0 Å². The van der Waals surface area contributed by atoms with Crippen molar-refractivity contribution in [2.45, 2.75) is 118 Å². The largest absolute Gasteiger partial charge is 0.342 e. The molecule has 0 aliphatic carbocycles. The van der Waals surface area contributed by atoms with Crippen molar-refractivity contribution in [3.8, 4) is 0 Å². The molecular formula is C35H54FN5O4. The van der Waals surface area contributed by atoms with Crippen LogP contribution in [-0.2, 0) is 19.2 Å². The number of carbonyl (C=O) groups is 4. The summed E-state index contributed by atoms with van der Waals surface area (Å²) in [6.07, 6.45) is 5.83. The first-order valence-electron chi connectivity index (χ1n) is 16.4. The van der Waals surface area contributed by atoms with Gasteiger partial charge in [-0.15, -0.1) is 0 Å². The van der Waals surface area contributed by atoms with Crippen LogP contribution in [0.2, 0.25) is 0 Å². The molecule has 0 aromatic heterocycles. The number of amides is 4. The fraction of sp³-hybridized carbons (Fsp3) is 0.657. The minimum Gasteiger partial charge on any atom is -0.342 e. The average Bonchev–Trinajstić information content (AvgIpc) is 3.48. The van der Waals surface area contributed by atoms with Gasteiger partial charge in [-0.3, -0.25) is 24.1 Å². The van der Waals surface area contributed by atoms with E-state index in [1.165, 1.54) is 24.3 Å². The second-order valence-corrected chi connectivity index (χ2v) is 14.3. The SMILES string of the molecule is CC(=C[C@H](C(C)C)N(C)C(=O)[C@@H](NC(=O)C1CCCCN1C(C)C)C(C)(C)C)C(=O)N1CCC[C@H]1C(=O)Nc1ccc(F)cc1. The number of piperidine rings is 1. The van der Waals surface area contributed by atoms with Crippen LogP contribution in [0, 0.1) is 17.2 Å². The summed E-state index contributed by atoms with van der Waals surface area (Å²) in [4.78, 5) is 59.9. The minimum atomic E-state index is -0.755. The second-order valence-electron chi connectivity index (χ2n) is 14.3. The predicted molar refractivity (Wildman–Crippen MR) is 176 cm³/mol. The van der Waals surface area contributed by atoms with Crippen LogP contribution >= 0.6 is 0 Å². The molecule has 0 saturated carbocycles. The number of nitrogens with one attached hydrogen (secondary N) is 2. The van der Waals surface area contributed by atoms with Crippen LogP contribution < -0.4 is 10.6 Å². The summed E-state index contributed by atoms with van der Waals surface area (Å²) in [6.45, 7) is 17.0. The Morgan fingerprint density at radius 1 is 0.933 bits per heavy atom. The summed E-state index contributed by atoms with van der Waals surface area (Å²) >= 11 is 0. The third kappa shape index (κ3) is 9.15. The molecule has 2 heterocycles. The Bertz CT molecular complexity index is 1240. The van der Waals surface area contributed by atoms with E-state index in [-0.39, 0.29) is 41.6 Å². The maximum atomic E-state index is 14.1. The molecule has 2 fully saturated rings. The number of anilines is 1. The molecule has 2 saturated heterocycles. The number of benzene rings is 1. The van der Waals surface area contributed by atoms with E-state index in [0.717, 1.165) is 25.8 Å². The van der Waals surface area contributed by atoms with Gasteiger partial charge in [0.2, 0.25) is 23.6 Å². The Labute approximate surface area is 269 Å². The molecule has 4 atom stereocenters. The normalized spacial score (nSPS) is 21.1. The summed E-state index contributed by atoms with van der Waals surface area (Å²) in [5, 5.41) is 5.91. The van der Waals surface area contributed by atoms with Gasteiger partial charge < -0.3 is 20.4 Å². The van der Waals surface area contributed by atoms with E-state index in [9.17, 15) is 23.6 Å². The van der Waals surface area contributed by atoms with Gasteiger partial charge >= 0.3 is 0 Å². The highest BCUT2D eigenvalue weighted by Gasteiger charge is 2.40. The Morgan fingerprint density at radius 3 is 2.13 bits per heavy atom. The zero-order valence-electron chi connectivity index (χ0n) is 28.7. The molecule has 4 amide bonds. The molecule has 10 heteroatoms. The molecule has 9 nitrogen and oxygen atoms in total. The number of rotatable bonds is 10. The number of likely N-dealkylation sites (N-methyl/N-ethyl adjacent to an activating group) is 1. The Hall–Kier alpha value is -3.27. The maximum absolute atomic E-state index is 14.1. The molecule has 2 N–H and O–H groups in total. The quantitative estimate of drug-likeness (QED) is 0.357. The molecule has 45 heavy (non-hydrogen) atoms. The zero-order chi connectivity index (χ0) is 33.6. The molecule has 3 rings (SSSR count). The maximum Gasteiger partial charge on any atom is 0.249 e. The van der Waals surface area contributed by atoms with Gasteiger partial charge in [0.15, 0.2) is 0 Å². The fourth-order valence-corrected chi connectivity index (χ4v) is 6.44. The lowest BCUT2D eigenvalue weighted by Crippen LogP contribution is -2.60. The molecule has 0 radical (unpaired) electrons. The van der Waals surface area contributed by atoms with Gasteiger partial charge in [-0.1, -0.05) is 47.1 Å². The van der Waals surface area contributed by atoms with Crippen molar-refractivity contribution in [2.24, 2.45) is 11.3 Å². The number of hydrogen-bond donors (Lipinski definition) is 2. The van der Waals surface area contributed by atoms with Gasteiger partial charge in [0.1, 0.15) is 17.9 Å². The molecule has 0 spiro atoms. The molecule has 1 aromatic rings. The highest BCUT2D eigenvalue weighted by atomic mass is 19.1. The highest BCUT2D eigenvalue weighted by Crippen LogP contribution is 2.27. The van der Waals surface area contributed by atoms with Crippen LogP contribution in [0.25, 0.3) is 0 Å². The molecule has 2 aliphatic heterocycles. The molecule has 1 aromatic carbocycles. The van der Waals surface area contributed by atoms with E-state index in [4.69, 9.17) is 0 Å². The first-order valence-corrected chi connectivity index (χ1v) is 16.4. The van der Waals surface area contributed by atoms with Crippen molar-refractivity contribution in [3.05, 3.63) is 41.7 Å². The summed E-state index contributed by atoms with van der Waals surface area (Å²) in [7, 11) is 1.72. The number of carbonyl (C=O) groups excluding carboxylic acids is 4. The first kappa shape index (κ1) is 36.2. The number of likely N-dealkylation sites (tertiary alicyclic amines) is 2. The van der Waals surface area contributed by atoms with E-state index >= 15 is 0 Å². The van der Waals surface area contributed by atoms with Gasteiger partial charge in [-0.2, -0.15) is 0 Å². The molecule has 0 bridgehead atoms. The smallest absolute Gasteiger partial charge is 0.249 e. The highest BCUT2D eigenvalue weighted by molar-refractivity contribution is 6.01. The molecular weight excluding hydrogens is 573 g/mol. The Morgan fingerprint density at radius 2 is 1.56 bits per heavy atom. The lowest BCUT2D eigenvalue weighted by Gasteiger charge is -2.41. The monoisotopic (exact) mass is 627 g/mol. The number of nitrogens with zero attached hydrogens (tertiary/aromatic N) is 3. The lowest BCUT2D eigenvalue weighted by atomic mass is 9.84. The van der Waals surface area contributed by atoms with Crippen molar-refractivity contribution in [3.63, 3.8) is 0 Å².